The molecule has 2 aromatic heterocycles. The van der Waals surface area contributed by atoms with Gasteiger partial charge in [0.05, 0.1) is 23.2 Å². The molecule has 0 aliphatic rings. The fourth-order valence-electron chi connectivity index (χ4n) is 6.79. The van der Waals surface area contributed by atoms with Crippen molar-refractivity contribution in [2.24, 2.45) is 0 Å². The summed E-state index contributed by atoms with van der Waals surface area (Å²) in [6.45, 7) is 0. The van der Waals surface area contributed by atoms with Crippen molar-refractivity contribution in [1.82, 2.24) is 0 Å². The summed E-state index contributed by atoms with van der Waals surface area (Å²) in [6, 6.07) is 19.9. The first-order valence-electron chi connectivity index (χ1n) is 21.8. The average molecular weight is 626 g/mol. The molecule has 10 rings (SSSR count). The van der Waals surface area contributed by atoms with Gasteiger partial charge in [-0.2, -0.15) is 0 Å². The summed E-state index contributed by atoms with van der Waals surface area (Å²) in [6.07, 6.45) is 0. The molecular weight excluding hydrogens is 585 g/mol. The Balaban J connectivity index is 1.35. The van der Waals surface area contributed by atoms with Crippen LogP contribution in [-0.2, 0) is 0 Å². The van der Waals surface area contributed by atoms with Crippen molar-refractivity contribution in [2.75, 3.05) is 0 Å². The standard InChI is InChI=1S/C46H28O2/c1-4-14-29(15-5-1)41-33-20-10-12-22-35(33)42(36-23-13-11-21-34(36)41)32-24-25-37-40(28-32)47-39-27-26-38-43(30-16-6-2-7-17-30)45(48-46(38)44(37)39)31-18-8-3-9-19-31/h1-28H/i1D,4D,5D,10D,11D,12D,13D,14D,15D,20D,21D,22D,23D. The van der Waals surface area contributed by atoms with Crippen molar-refractivity contribution < 1.29 is 26.7 Å². The molecule has 0 unspecified atom stereocenters. The van der Waals surface area contributed by atoms with E-state index in [9.17, 15) is 5.48 Å². The summed E-state index contributed by atoms with van der Waals surface area (Å²) in [5, 5.41) is 1.26. The molecule has 0 fully saturated rings. The summed E-state index contributed by atoms with van der Waals surface area (Å²) in [7, 11) is 0. The minimum atomic E-state index is -0.726. The van der Waals surface area contributed by atoms with E-state index in [0.717, 1.165) is 22.1 Å². The lowest BCUT2D eigenvalue weighted by Crippen LogP contribution is -1.90. The van der Waals surface area contributed by atoms with Gasteiger partial charge in [0.1, 0.15) is 22.5 Å². The molecule has 0 aliphatic carbocycles. The molecule has 0 atom stereocenters. The van der Waals surface area contributed by atoms with Gasteiger partial charge in [0, 0.05) is 21.9 Å². The van der Waals surface area contributed by atoms with E-state index >= 15 is 0 Å². The molecule has 0 amide bonds. The van der Waals surface area contributed by atoms with Gasteiger partial charge in [-0.25, -0.2) is 0 Å². The second-order valence-corrected chi connectivity index (χ2v) is 11.4. The molecule has 224 valence electrons. The maximum absolute atomic E-state index is 9.29. The lowest BCUT2D eigenvalue weighted by Gasteiger charge is -2.17. The Morgan fingerprint density at radius 1 is 0.375 bits per heavy atom. The van der Waals surface area contributed by atoms with Gasteiger partial charge in [0.15, 0.2) is 0 Å². The van der Waals surface area contributed by atoms with E-state index in [1.807, 2.05) is 72.8 Å². The zero-order chi connectivity index (χ0) is 42.9. The lowest BCUT2D eigenvalue weighted by molar-refractivity contribution is 0.634. The number of hydrogen-bond donors (Lipinski definition) is 0. The van der Waals surface area contributed by atoms with Crippen molar-refractivity contribution in [1.29, 1.82) is 0 Å². The maximum atomic E-state index is 9.29. The van der Waals surface area contributed by atoms with E-state index in [0.29, 0.717) is 33.3 Å². The Labute approximate surface area is 295 Å². The molecule has 0 saturated heterocycles. The van der Waals surface area contributed by atoms with Crippen LogP contribution in [0.4, 0.5) is 0 Å². The molecule has 8 aromatic carbocycles. The molecule has 48 heavy (non-hydrogen) atoms. The van der Waals surface area contributed by atoms with Crippen LogP contribution in [0.25, 0.3) is 99.2 Å². The highest BCUT2D eigenvalue weighted by Gasteiger charge is 2.23. The van der Waals surface area contributed by atoms with Crippen LogP contribution in [0.2, 0.25) is 0 Å². The van der Waals surface area contributed by atoms with Crippen LogP contribution in [0.5, 0.6) is 0 Å². The number of hydrogen-bond acceptors (Lipinski definition) is 2. The molecule has 0 radical (unpaired) electrons. The van der Waals surface area contributed by atoms with E-state index < -0.39 is 84.1 Å². The molecule has 0 aliphatic heterocycles. The van der Waals surface area contributed by atoms with E-state index in [4.69, 9.17) is 21.2 Å². The molecule has 2 heterocycles. The Hall–Kier alpha value is -6.38. The Bertz CT molecular complexity index is 3450. The SMILES string of the molecule is [2H]c1c([2H])c([2H])c(-c2c3c([2H])c([2H])c([2H])c([2H])c3c(-c3ccc4c(c3)oc3ccc5c(-c6ccccc6)c(-c6ccccc6)oc5c34)c3c([2H])c([2H])c([2H])c([2H])c23)c([2H])c1[2H]. The van der Waals surface area contributed by atoms with E-state index in [1.54, 1.807) is 18.2 Å². The molecule has 10 aromatic rings. The highest BCUT2D eigenvalue weighted by Crippen LogP contribution is 2.47. The van der Waals surface area contributed by atoms with Crippen LogP contribution >= 0.6 is 0 Å². The van der Waals surface area contributed by atoms with Crippen molar-refractivity contribution in [3.63, 3.8) is 0 Å². The summed E-state index contributed by atoms with van der Waals surface area (Å²) >= 11 is 0. The summed E-state index contributed by atoms with van der Waals surface area (Å²) in [5.41, 5.74) is 3.62. The minimum Gasteiger partial charge on any atom is -0.456 e. The van der Waals surface area contributed by atoms with Crippen LogP contribution in [0.3, 0.4) is 0 Å². The topological polar surface area (TPSA) is 26.3 Å². The fourth-order valence-corrected chi connectivity index (χ4v) is 6.79. The lowest BCUT2D eigenvalue weighted by atomic mass is 9.86. The van der Waals surface area contributed by atoms with Crippen molar-refractivity contribution in [2.45, 2.75) is 0 Å². The smallest absolute Gasteiger partial charge is 0.147 e. The van der Waals surface area contributed by atoms with Gasteiger partial charge in [-0.15, -0.1) is 0 Å². The van der Waals surface area contributed by atoms with Crippen molar-refractivity contribution in [3.8, 4) is 44.7 Å². The van der Waals surface area contributed by atoms with Crippen LogP contribution in [0, 0.1) is 0 Å². The van der Waals surface area contributed by atoms with E-state index in [2.05, 4.69) is 0 Å². The Morgan fingerprint density at radius 2 is 0.938 bits per heavy atom. The number of furan rings is 2. The molecule has 0 N–H and O–H groups in total. The van der Waals surface area contributed by atoms with Crippen LogP contribution in [0.1, 0.15) is 17.8 Å². The van der Waals surface area contributed by atoms with Gasteiger partial charge in [-0.1, -0.05) is 145 Å². The molecule has 2 heteroatoms. The first-order chi connectivity index (χ1) is 29.2. The van der Waals surface area contributed by atoms with E-state index in [-0.39, 0.29) is 38.2 Å². The van der Waals surface area contributed by atoms with Crippen molar-refractivity contribution >= 4 is 54.5 Å². The summed E-state index contributed by atoms with van der Waals surface area (Å²) in [5.74, 6) is 0.667. The molecule has 0 saturated carbocycles. The highest BCUT2D eigenvalue weighted by molar-refractivity contribution is 6.24. The Kier molecular flexibility index (Phi) is 3.74. The third-order valence-corrected chi connectivity index (χ3v) is 8.80. The second kappa shape index (κ2) is 10.6. The third-order valence-electron chi connectivity index (χ3n) is 8.80. The van der Waals surface area contributed by atoms with Gasteiger partial charge < -0.3 is 8.83 Å². The quantitative estimate of drug-likeness (QED) is 0.182. The third kappa shape index (κ3) is 4.00. The van der Waals surface area contributed by atoms with Gasteiger partial charge in [0.2, 0.25) is 0 Å². The van der Waals surface area contributed by atoms with Gasteiger partial charge in [-0.3, -0.25) is 0 Å². The number of rotatable bonds is 4. The predicted molar refractivity (Wildman–Crippen MR) is 200 cm³/mol. The average Bonchev–Trinajstić information content (AvgIpc) is 3.86. The summed E-state index contributed by atoms with van der Waals surface area (Å²) in [4.78, 5) is 0. The van der Waals surface area contributed by atoms with Crippen LogP contribution < -0.4 is 0 Å². The first-order valence-corrected chi connectivity index (χ1v) is 15.3. The molecular formula is C46H28O2. The van der Waals surface area contributed by atoms with Crippen molar-refractivity contribution in [3.05, 3.63) is 170 Å². The zero-order valence-electron chi connectivity index (χ0n) is 38.0. The zero-order valence-corrected chi connectivity index (χ0v) is 25.0. The molecule has 2 nitrogen and oxygen atoms in total. The minimum absolute atomic E-state index is 0.0170. The van der Waals surface area contributed by atoms with Gasteiger partial charge in [0.25, 0.3) is 0 Å². The summed E-state index contributed by atoms with van der Waals surface area (Å²) < 4.78 is 128. The highest BCUT2D eigenvalue weighted by atomic mass is 16.3. The molecule has 0 spiro atoms. The van der Waals surface area contributed by atoms with Gasteiger partial charge >= 0.3 is 0 Å². The maximum Gasteiger partial charge on any atom is 0.147 e. The predicted octanol–water partition coefficient (Wildman–Crippen LogP) is 13.3. The monoisotopic (exact) mass is 625 g/mol. The van der Waals surface area contributed by atoms with Crippen LogP contribution in [0.15, 0.2) is 178 Å². The van der Waals surface area contributed by atoms with Crippen LogP contribution in [-0.4, -0.2) is 0 Å². The largest absolute Gasteiger partial charge is 0.456 e. The Morgan fingerprint density at radius 3 is 1.58 bits per heavy atom. The normalized spacial score (nSPS) is 15.5. The van der Waals surface area contributed by atoms with Gasteiger partial charge in [-0.05, 0) is 73.6 Å². The first kappa shape index (κ1) is 17.0. The van der Waals surface area contributed by atoms with E-state index in [1.165, 1.54) is 0 Å². The molecule has 0 bridgehead atoms. The second-order valence-electron chi connectivity index (χ2n) is 11.4. The number of benzene rings is 8. The fraction of sp³-hybridized carbons (Fsp3) is 0. The number of fused-ring (bicyclic) bond motifs is 7.